The van der Waals surface area contributed by atoms with Crippen LogP contribution in [0.3, 0.4) is 0 Å². The Morgan fingerprint density at radius 3 is 2.69 bits per heavy atom. The van der Waals surface area contributed by atoms with E-state index >= 15 is 0 Å². The molecule has 84 valence electrons. The van der Waals surface area contributed by atoms with Gasteiger partial charge in [-0.2, -0.15) is 10.1 Å². The van der Waals surface area contributed by atoms with Gasteiger partial charge in [0.1, 0.15) is 0 Å². The summed E-state index contributed by atoms with van der Waals surface area (Å²) in [6.45, 7) is 6.72. The van der Waals surface area contributed by atoms with Gasteiger partial charge in [0.05, 0.1) is 5.69 Å². The first-order valence-electron chi connectivity index (χ1n) is 5.31. The normalized spacial score (nSPS) is 10.4. The highest BCUT2D eigenvalue weighted by Gasteiger charge is 2.04. The smallest absolute Gasteiger partial charge is 0.224 e. The van der Waals surface area contributed by atoms with Crippen LogP contribution >= 0.6 is 0 Å². The lowest BCUT2D eigenvalue weighted by atomic mass is 10.4. The third-order valence-electron chi connectivity index (χ3n) is 2.13. The van der Waals surface area contributed by atoms with Crippen molar-refractivity contribution >= 4 is 5.95 Å². The number of hydrogen-bond acceptors (Lipinski definition) is 4. The zero-order valence-corrected chi connectivity index (χ0v) is 9.73. The summed E-state index contributed by atoms with van der Waals surface area (Å²) in [6, 6.07) is 3.86. The first kappa shape index (κ1) is 10.6. The van der Waals surface area contributed by atoms with Crippen LogP contribution in [-0.4, -0.2) is 26.3 Å². The van der Waals surface area contributed by atoms with E-state index in [1.807, 2.05) is 39.1 Å². The summed E-state index contributed by atoms with van der Waals surface area (Å²) in [4.78, 5) is 8.68. The van der Waals surface area contributed by atoms with E-state index < -0.39 is 0 Å². The van der Waals surface area contributed by atoms with Gasteiger partial charge in [-0.15, -0.1) is 0 Å². The number of aryl methyl sites for hydroxylation is 2. The van der Waals surface area contributed by atoms with E-state index in [0.717, 1.165) is 23.8 Å². The van der Waals surface area contributed by atoms with Crippen LogP contribution in [0.4, 0.5) is 5.95 Å². The van der Waals surface area contributed by atoms with E-state index in [0.29, 0.717) is 5.95 Å². The standard InChI is InChI=1S/C11H15N5/c1-4-12-11-13-9(3)7-10(14-11)16-6-5-8(2)15-16/h5-7H,4H2,1-3H3,(H,12,13,14). The molecular weight excluding hydrogens is 202 g/mol. The van der Waals surface area contributed by atoms with Crippen molar-refractivity contribution in [3.8, 4) is 5.82 Å². The summed E-state index contributed by atoms with van der Waals surface area (Å²) in [5.74, 6) is 1.43. The van der Waals surface area contributed by atoms with Crippen LogP contribution in [0.25, 0.3) is 5.82 Å². The van der Waals surface area contributed by atoms with E-state index in [1.54, 1.807) is 4.68 Å². The number of aromatic nitrogens is 4. The van der Waals surface area contributed by atoms with Gasteiger partial charge in [0, 0.05) is 24.5 Å². The minimum atomic E-state index is 0.644. The third kappa shape index (κ3) is 2.18. The molecule has 0 saturated heterocycles. The van der Waals surface area contributed by atoms with Crippen LogP contribution in [0, 0.1) is 13.8 Å². The number of hydrogen-bond donors (Lipinski definition) is 1. The highest BCUT2D eigenvalue weighted by Crippen LogP contribution is 2.09. The summed E-state index contributed by atoms with van der Waals surface area (Å²) >= 11 is 0. The molecule has 2 heterocycles. The molecule has 2 aromatic rings. The molecule has 16 heavy (non-hydrogen) atoms. The Bertz CT molecular complexity index is 489. The van der Waals surface area contributed by atoms with Gasteiger partial charge in [0.25, 0.3) is 0 Å². The molecule has 0 aliphatic heterocycles. The fourth-order valence-corrected chi connectivity index (χ4v) is 1.45. The first-order chi connectivity index (χ1) is 7.69. The minimum absolute atomic E-state index is 0.644. The molecule has 1 N–H and O–H groups in total. The van der Waals surface area contributed by atoms with Gasteiger partial charge >= 0.3 is 0 Å². The van der Waals surface area contributed by atoms with Gasteiger partial charge < -0.3 is 5.32 Å². The average molecular weight is 217 g/mol. The van der Waals surface area contributed by atoms with Gasteiger partial charge in [-0.25, -0.2) is 9.67 Å². The molecule has 0 amide bonds. The van der Waals surface area contributed by atoms with Crippen molar-refractivity contribution < 1.29 is 0 Å². The van der Waals surface area contributed by atoms with Crippen LogP contribution in [0.5, 0.6) is 0 Å². The Kier molecular flexibility index (Phi) is 2.85. The zero-order chi connectivity index (χ0) is 11.5. The first-order valence-corrected chi connectivity index (χ1v) is 5.31. The molecule has 2 aromatic heterocycles. The van der Waals surface area contributed by atoms with E-state index in [-0.39, 0.29) is 0 Å². The molecule has 0 atom stereocenters. The predicted octanol–water partition coefficient (Wildman–Crippen LogP) is 1.71. The molecule has 5 heteroatoms. The van der Waals surface area contributed by atoms with Crippen molar-refractivity contribution in [3.05, 3.63) is 29.7 Å². The number of anilines is 1. The summed E-state index contributed by atoms with van der Waals surface area (Å²) in [5, 5.41) is 7.42. The maximum absolute atomic E-state index is 4.39. The van der Waals surface area contributed by atoms with Gasteiger partial charge in [-0.1, -0.05) is 0 Å². The maximum atomic E-state index is 4.39. The third-order valence-corrected chi connectivity index (χ3v) is 2.13. The Hall–Kier alpha value is -1.91. The molecule has 0 aromatic carbocycles. The highest BCUT2D eigenvalue weighted by atomic mass is 15.3. The number of rotatable bonds is 3. The quantitative estimate of drug-likeness (QED) is 0.850. The van der Waals surface area contributed by atoms with Crippen molar-refractivity contribution in [2.24, 2.45) is 0 Å². The lowest BCUT2D eigenvalue weighted by Crippen LogP contribution is -2.07. The second-order valence-electron chi connectivity index (χ2n) is 3.62. The second kappa shape index (κ2) is 4.30. The Labute approximate surface area is 94.5 Å². The van der Waals surface area contributed by atoms with Crippen molar-refractivity contribution in [2.75, 3.05) is 11.9 Å². The molecule has 0 bridgehead atoms. The van der Waals surface area contributed by atoms with E-state index in [9.17, 15) is 0 Å². The van der Waals surface area contributed by atoms with Gasteiger partial charge in [0.15, 0.2) is 5.82 Å². The van der Waals surface area contributed by atoms with Gasteiger partial charge in [-0.3, -0.25) is 0 Å². The fourth-order valence-electron chi connectivity index (χ4n) is 1.45. The lowest BCUT2D eigenvalue weighted by molar-refractivity contribution is 0.822. The molecule has 0 fully saturated rings. The Morgan fingerprint density at radius 2 is 2.06 bits per heavy atom. The van der Waals surface area contributed by atoms with Crippen molar-refractivity contribution in [1.82, 2.24) is 19.7 Å². The van der Waals surface area contributed by atoms with Crippen molar-refractivity contribution in [1.29, 1.82) is 0 Å². The number of nitrogens with one attached hydrogen (secondary N) is 1. The topological polar surface area (TPSA) is 55.6 Å². The Balaban J connectivity index is 2.40. The molecule has 5 nitrogen and oxygen atoms in total. The molecule has 0 spiro atoms. The lowest BCUT2D eigenvalue weighted by Gasteiger charge is -2.06. The van der Waals surface area contributed by atoms with Gasteiger partial charge in [-0.05, 0) is 26.8 Å². The largest absolute Gasteiger partial charge is 0.354 e. The summed E-state index contributed by atoms with van der Waals surface area (Å²) < 4.78 is 1.75. The molecular formula is C11H15N5. The highest BCUT2D eigenvalue weighted by molar-refractivity contribution is 5.34. The monoisotopic (exact) mass is 217 g/mol. The summed E-state index contributed by atoms with van der Waals surface area (Å²) in [5.41, 5.74) is 1.90. The van der Waals surface area contributed by atoms with Gasteiger partial charge in [0.2, 0.25) is 5.95 Å². The molecule has 0 unspecified atom stereocenters. The zero-order valence-electron chi connectivity index (χ0n) is 9.73. The van der Waals surface area contributed by atoms with E-state index in [1.165, 1.54) is 0 Å². The maximum Gasteiger partial charge on any atom is 0.224 e. The SMILES string of the molecule is CCNc1nc(C)cc(-n2ccc(C)n2)n1. The summed E-state index contributed by atoms with van der Waals surface area (Å²) in [6.07, 6.45) is 1.90. The molecule has 0 aliphatic carbocycles. The van der Waals surface area contributed by atoms with Crippen LogP contribution in [0.15, 0.2) is 18.3 Å². The average Bonchev–Trinajstić information content (AvgIpc) is 2.64. The summed E-state index contributed by atoms with van der Waals surface area (Å²) in [7, 11) is 0. The molecule has 0 radical (unpaired) electrons. The molecule has 2 rings (SSSR count). The fraction of sp³-hybridized carbons (Fsp3) is 0.364. The van der Waals surface area contributed by atoms with Crippen LogP contribution in [0.2, 0.25) is 0 Å². The number of nitrogens with zero attached hydrogens (tertiary/aromatic N) is 4. The van der Waals surface area contributed by atoms with Crippen molar-refractivity contribution in [3.63, 3.8) is 0 Å². The second-order valence-corrected chi connectivity index (χ2v) is 3.62. The molecule has 0 aliphatic rings. The van der Waals surface area contributed by atoms with E-state index in [4.69, 9.17) is 0 Å². The van der Waals surface area contributed by atoms with Crippen LogP contribution in [-0.2, 0) is 0 Å². The van der Waals surface area contributed by atoms with Crippen molar-refractivity contribution in [2.45, 2.75) is 20.8 Å². The predicted molar refractivity (Wildman–Crippen MR) is 62.8 cm³/mol. The van der Waals surface area contributed by atoms with E-state index in [2.05, 4.69) is 20.4 Å². The minimum Gasteiger partial charge on any atom is -0.354 e. The Morgan fingerprint density at radius 1 is 1.25 bits per heavy atom. The van der Waals surface area contributed by atoms with Crippen LogP contribution < -0.4 is 5.32 Å². The molecule has 0 saturated carbocycles. The van der Waals surface area contributed by atoms with Crippen LogP contribution in [0.1, 0.15) is 18.3 Å².